The van der Waals surface area contributed by atoms with Gasteiger partial charge in [-0.2, -0.15) is 0 Å². The van der Waals surface area contributed by atoms with Gasteiger partial charge < -0.3 is 11.1 Å². The number of hydrogen-bond acceptors (Lipinski definition) is 4. The van der Waals surface area contributed by atoms with Crippen LogP contribution in [-0.2, 0) is 0 Å². The maximum absolute atomic E-state index is 5.70. The predicted molar refractivity (Wildman–Crippen MR) is 146 cm³/mol. The van der Waals surface area contributed by atoms with Crippen LogP contribution in [0.1, 0.15) is 29.7 Å². The number of benzene rings is 3. The second-order valence-electron chi connectivity index (χ2n) is 6.37. The molecule has 0 aliphatic heterocycles. The zero-order valence-corrected chi connectivity index (χ0v) is 15.3. The predicted octanol–water partition coefficient (Wildman–Crippen LogP) is 8.53. The minimum atomic E-state index is 0. The standard InChI is InChI=1S/C24H20N4.4CH4/c25-18-6-8-20(9-7-18)27-22-14-16-24(17-15-22)28-23-12-10-21(11-13-23)26-19-4-2-1-3-5-19;;;;/h1-17,26H,25H2;4*1H4. The van der Waals surface area contributed by atoms with Crippen LogP contribution >= 0.6 is 0 Å². The van der Waals surface area contributed by atoms with Crippen molar-refractivity contribution in [3.05, 3.63) is 103 Å². The highest BCUT2D eigenvalue weighted by Gasteiger charge is 2.01. The van der Waals surface area contributed by atoms with Crippen LogP contribution in [-0.4, -0.2) is 11.4 Å². The van der Waals surface area contributed by atoms with Gasteiger partial charge in [-0.3, -0.25) is 0 Å². The van der Waals surface area contributed by atoms with Gasteiger partial charge in [0.25, 0.3) is 0 Å². The molecule has 168 valence electrons. The summed E-state index contributed by atoms with van der Waals surface area (Å²) in [5.41, 5.74) is 12.1. The van der Waals surface area contributed by atoms with Crippen LogP contribution in [0.2, 0.25) is 0 Å². The quantitative estimate of drug-likeness (QED) is 0.323. The van der Waals surface area contributed by atoms with E-state index < -0.39 is 0 Å². The molecule has 0 spiro atoms. The molecule has 1 aliphatic carbocycles. The number of nitrogens with zero attached hydrogens (tertiary/aromatic N) is 2. The number of para-hydroxylation sites is 1. The van der Waals surface area contributed by atoms with Gasteiger partial charge in [-0.1, -0.05) is 47.9 Å². The molecule has 4 rings (SSSR count). The third-order valence-corrected chi connectivity index (χ3v) is 4.19. The number of nitrogens with one attached hydrogen (secondary N) is 1. The molecule has 3 aromatic rings. The molecular formula is C28H36N4. The first-order valence-electron chi connectivity index (χ1n) is 9.06. The maximum atomic E-state index is 5.70. The Hall–Kier alpha value is -3.92. The van der Waals surface area contributed by atoms with Gasteiger partial charge in [0.15, 0.2) is 0 Å². The Kier molecular flexibility index (Phi) is 11.8. The molecule has 0 amide bonds. The Labute approximate surface area is 194 Å². The van der Waals surface area contributed by atoms with E-state index in [0.29, 0.717) is 0 Å². The first-order valence-corrected chi connectivity index (χ1v) is 9.06. The highest BCUT2D eigenvalue weighted by molar-refractivity contribution is 6.19. The second-order valence-corrected chi connectivity index (χ2v) is 6.37. The molecule has 0 atom stereocenters. The summed E-state index contributed by atoms with van der Waals surface area (Å²) in [6, 6.07) is 25.6. The Morgan fingerprint density at radius 3 is 1.38 bits per heavy atom. The van der Waals surface area contributed by atoms with Crippen molar-refractivity contribution in [2.24, 2.45) is 9.98 Å². The zero-order valence-electron chi connectivity index (χ0n) is 15.3. The van der Waals surface area contributed by atoms with Gasteiger partial charge in [0.1, 0.15) is 0 Å². The van der Waals surface area contributed by atoms with E-state index in [1.54, 1.807) is 0 Å². The number of rotatable bonds is 4. The lowest BCUT2D eigenvalue weighted by molar-refractivity contribution is 1.49. The molecule has 1 aliphatic rings. The summed E-state index contributed by atoms with van der Waals surface area (Å²) >= 11 is 0. The SMILES string of the molecule is C.C.C.C.Nc1ccc(N=C2C=CC(=Nc3ccc(Nc4ccccc4)cc3)C=C2)cc1. The minimum Gasteiger partial charge on any atom is -0.399 e. The molecule has 3 aromatic carbocycles. The average molecular weight is 429 g/mol. The molecule has 0 heterocycles. The monoisotopic (exact) mass is 428 g/mol. The number of aliphatic imine (C=N–C) groups is 2. The molecule has 0 saturated carbocycles. The van der Waals surface area contributed by atoms with E-state index in [9.17, 15) is 0 Å². The molecule has 0 unspecified atom stereocenters. The molecule has 0 saturated heterocycles. The fourth-order valence-corrected chi connectivity index (χ4v) is 2.76. The highest BCUT2D eigenvalue weighted by Crippen LogP contribution is 2.21. The van der Waals surface area contributed by atoms with Crippen molar-refractivity contribution in [2.45, 2.75) is 29.7 Å². The molecule has 0 radical (unpaired) electrons. The Bertz CT molecular complexity index is 1040. The van der Waals surface area contributed by atoms with Crippen molar-refractivity contribution < 1.29 is 0 Å². The molecule has 4 heteroatoms. The van der Waals surface area contributed by atoms with E-state index in [-0.39, 0.29) is 29.7 Å². The Morgan fingerprint density at radius 1 is 0.500 bits per heavy atom. The van der Waals surface area contributed by atoms with Gasteiger partial charge in [0.05, 0.1) is 22.8 Å². The second kappa shape index (κ2) is 13.4. The third-order valence-electron chi connectivity index (χ3n) is 4.19. The minimum absolute atomic E-state index is 0. The van der Waals surface area contributed by atoms with Crippen LogP contribution in [0.4, 0.5) is 28.4 Å². The maximum Gasteiger partial charge on any atom is 0.0638 e. The summed E-state index contributed by atoms with van der Waals surface area (Å²) in [5, 5.41) is 3.37. The van der Waals surface area contributed by atoms with Gasteiger partial charge in [0.2, 0.25) is 0 Å². The zero-order chi connectivity index (χ0) is 19.2. The van der Waals surface area contributed by atoms with Gasteiger partial charge >= 0.3 is 0 Å². The van der Waals surface area contributed by atoms with Crippen molar-refractivity contribution in [2.75, 3.05) is 11.1 Å². The van der Waals surface area contributed by atoms with Crippen molar-refractivity contribution in [3.8, 4) is 0 Å². The normalized spacial score (nSPS) is 11.1. The summed E-state index contributed by atoms with van der Waals surface area (Å²) < 4.78 is 0. The Balaban J connectivity index is 0.00000240. The van der Waals surface area contributed by atoms with E-state index >= 15 is 0 Å². The summed E-state index contributed by atoms with van der Waals surface area (Å²) in [5.74, 6) is 0. The van der Waals surface area contributed by atoms with Crippen molar-refractivity contribution in [1.29, 1.82) is 0 Å². The molecule has 0 aromatic heterocycles. The molecule has 0 fully saturated rings. The van der Waals surface area contributed by atoms with E-state index in [0.717, 1.165) is 39.9 Å². The molecule has 3 N–H and O–H groups in total. The van der Waals surface area contributed by atoms with E-state index in [1.807, 2.05) is 103 Å². The molecular weight excluding hydrogens is 392 g/mol. The van der Waals surface area contributed by atoms with Crippen LogP contribution in [0.5, 0.6) is 0 Å². The fourth-order valence-electron chi connectivity index (χ4n) is 2.76. The molecule has 4 nitrogen and oxygen atoms in total. The summed E-state index contributed by atoms with van der Waals surface area (Å²) in [7, 11) is 0. The van der Waals surface area contributed by atoms with E-state index in [1.165, 1.54) is 0 Å². The van der Waals surface area contributed by atoms with Crippen molar-refractivity contribution in [3.63, 3.8) is 0 Å². The number of anilines is 3. The van der Waals surface area contributed by atoms with Crippen LogP contribution in [0, 0.1) is 0 Å². The van der Waals surface area contributed by atoms with Crippen molar-refractivity contribution in [1.82, 2.24) is 0 Å². The largest absolute Gasteiger partial charge is 0.399 e. The summed E-state index contributed by atoms with van der Waals surface area (Å²) in [6.45, 7) is 0. The van der Waals surface area contributed by atoms with E-state index in [4.69, 9.17) is 5.73 Å². The average Bonchev–Trinajstić information content (AvgIpc) is 2.73. The lowest BCUT2D eigenvalue weighted by atomic mass is 10.1. The van der Waals surface area contributed by atoms with Gasteiger partial charge in [-0.25, -0.2) is 9.98 Å². The smallest absolute Gasteiger partial charge is 0.0638 e. The molecule has 0 bridgehead atoms. The topological polar surface area (TPSA) is 62.8 Å². The third kappa shape index (κ3) is 7.73. The van der Waals surface area contributed by atoms with Crippen LogP contribution in [0.15, 0.2) is 113 Å². The lowest BCUT2D eigenvalue weighted by Crippen LogP contribution is -1.99. The van der Waals surface area contributed by atoms with Crippen LogP contribution < -0.4 is 11.1 Å². The number of nitrogens with two attached hydrogens (primary N) is 1. The van der Waals surface area contributed by atoms with Gasteiger partial charge in [0, 0.05) is 17.1 Å². The van der Waals surface area contributed by atoms with Crippen molar-refractivity contribution >= 4 is 39.9 Å². The number of nitrogen functional groups attached to an aromatic ring is 1. The number of allylic oxidation sites excluding steroid dienone is 4. The van der Waals surface area contributed by atoms with Crippen LogP contribution in [0.25, 0.3) is 0 Å². The first-order chi connectivity index (χ1) is 13.7. The van der Waals surface area contributed by atoms with Gasteiger partial charge in [-0.15, -0.1) is 0 Å². The summed E-state index contributed by atoms with van der Waals surface area (Å²) in [4.78, 5) is 9.24. The van der Waals surface area contributed by atoms with Crippen LogP contribution in [0.3, 0.4) is 0 Å². The lowest BCUT2D eigenvalue weighted by Gasteiger charge is -2.07. The molecule has 32 heavy (non-hydrogen) atoms. The Morgan fingerprint density at radius 2 is 0.906 bits per heavy atom. The first kappa shape index (κ1) is 28.1. The number of hydrogen-bond donors (Lipinski definition) is 2. The summed E-state index contributed by atoms with van der Waals surface area (Å²) in [6.07, 6.45) is 7.85. The fraction of sp³-hybridized carbons (Fsp3) is 0.143. The van der Waals surface area contributed by atoms with Gasteiger partial charge in [-0.05, 0) is 85.0 Å². The van der Waals surface area contributed by atoms with E-state index in [2.05, 4.69) is 15.3 Å². The highest BCUT2D eigenvalue weighted by atomic mass is 14.9.